The lowest BCUT2D eigenvalue weighted by Crippen LogP contribution is -2.51. The second-order valence-corrected chi connectivity index (χ2v) is 15.4. The van der Waals surface area contributed by atoms with E-state index in [0.29, 0.717) is 30.1 Å². The zero-order valence-corrected chi connectivity index (χ0v) is 26.8. The first kappa shape index (κ1) is 30.0. The summed E-state index contributed by atoms with van der Waals surface area (Å²) >= 11 is 0. The maximum atomic E-state index is 13.7. The number of aromatic nitrogens is 2. The molecule has 2 atom stereocenters. The van der Waals surface area contributed by atoms with Crippen LogP contribution in [-0.4, -0.2) is 62.2 Å². The number of fused-ring (bicyclic) bond motifs is 4. The molecule has 3 aromatic rings. The Morgan fingerprint density at radius 3 is 2.37 bits per heavy atom. The SMILES string of the molecule is Cc1cccc(C)c1-c1cc2nc(n1)NS(=O)(=O)c1cccc(c1)C(C1CC(N3CCOCC3)C1)[C@H](CC(C)(C)C)CO2. The lowest BCUT2D eigenvalue weighted by Gasteiger charge is -2.49. The Balaban J connectivity index is 1.41. The Labute approximate surface area is 256 Å². The van der Waals surface area contributed by atoms with E-state index in [4.69, 9.17) is 9.47 Å². The molecule has 2 fully saturated rings. The van der Waals surface area contributed by atoms with Gasteiger partial charge in [-0.2, -0.15) is 4.98 Å². The molecule has 1 N–H and O–H groups in total. The van der Waals surface area contributed by atoms with Crippen molar-refractivity contribution in [2.75, 3.05) is 37.6 Å². The average Bonchev–Trinajstić information content (AvgIpc) is 2.92. The van der Waals surface area contributed by atoms with Crippen molar-refractivity contribution in [1.82, 2.24) is 14.9 Å². The number of hydrogen-bond donors (Lipinski definition) is 1. The number of ether oxygens (including phenoxy) is 2. The van der Waals surface area contributed by atoms with Crippen LogP contribution in [0.15, 0.2) is 53.4 Å². The van der Waals surface area contributed by atoms with Crippen LogP contribution in [0, 0.1) is 31.1 Å². The molecule has 2 aliphatic heterocycles. The molecule has 1 aromatic heterocycles. The van der Waals surface area contributed by atoms with Crippen LogP contribution in [-0.2, 0) is 14.8 Å². The molecule has 43 heavy (non-hydrogen) atoms. The molecule has 1 unspecified atom stereocenters. The number of aryl methyl sites for hydroxylation is 2. The van der Waals surface area contributed by atoms with Gasteiger partial charge in [-0.05, 0) is 79.2 Å². The quantitative estimate of drug-likeness (QED) is 0.379. The monoisotopic (exact) mass is 604 g/mol. The molecule has 0 spiro atoms. The number of rotatable bonds is 4. The van der Waals surface area contributed by atoms with Gasteiger partial charge in [0.2, 0.25) is 11.8 Å². The van der Waals surface area contributed by atoms with Crippen molar-refractivity contribution in [2.45, 2.75) is 70.7 Å². The van der Waals surface area contributed by atoms with Crippen LogP contribution in [0.3, 0.4) is 0 Å². The molecule has 9 heteroatoms. The highest BCUT2D eigenvalue weighted by Gasteiger charge is 2.43. The van der Waals surface area contributed by atoms with Crippen molar-refractivity contribution in [1.29, 1.82) is 0 Å². The molecule has 0 radical (unpaired) electrons. The Morgan fingerprint density at radius 2 is 1.67 bits per heavy atom. The fourth-order valence-corrected chi connectivity index (χ4v) is 8.32. The fourth-order valence-electron chi connectivity index (χ4n) is 7.32. The Bertz CT molecular complexity index is 1550. The summed E-state index contributed by atoms with van der Waals surface area (Å²) in [5.41, 5.74) is 4.82. The molecule has 1 saturated heterocycles. The third kappa shape index (κ3) is 6.59. The van der Waals surface area contributed by atoms with E-state index in [1.165, 1.54) is 0 Å². The van der Waals surface area contributed by atoms with Gasteiger partial charge < -0.3 is 9.47 Å². The first-order valence-electron chi connectivity index (χ1n) is 15.5. The molecule has 3 aliphatic rings. The molecule has 230 valence electrons. The van der Waals surface area contributed by atoms with Gasteiger partial charge in [0, 0.05) is 36.7 Å². The van der Waals surface area contributed by atoms with Crippen LogP contribution < -0.4 is 9.46 Å². The second-order valence-electron chi connectivity index (χ2n) is 13.8. The standard InChI is InChI=1S/C34H44N4O4S/c1-22-8-6-9-23(2)31(22)29-19-30-36-33(35-29)37-43(39,40)28-11-7-10-24(18-28)32(26(21-42-30)20-34(3,4)5)25-16-27(17-25)38-12-14-41-15-13-38/h6-11,18-19,25-27,32H,12-17,20-21H2,1-5H3,(H,35,36,37)/t25?,26-,27?,32?/m1/s1. The van der Waals surface area contributed by atoms with Gasteiger partial charge in [-0.1, -0.05) is 51.1 Å². The molecule has 6 rings (SSSR count). The number of morpholine rings is 1. The van der Waals surface area contributed by atoms with Gasteiger partial charge in [0.05, 0.1) is 30.4 Å². The molecular formula is C34H44N4O4S. The van der Waals surface area contributed by atoms with Gasteiger partial charge in [-0.3, -0.25) is 4.90 Å². The lowest BCUT2D eigenvalue weighted by atomic mass is 9.63. The van der Waals surface area contributed by atoms with Crippen molar-refractivity contribution in [3.05, 3.63) is 65.2 Å². The molecule has 2 aromatic carbocycles. The van der Waals surface area contributed by atoms with Crippen LogP contribution >= 0.6 is 0 Å². The summed E-state index contributed by atoms with van der Waals surface area (Å²) in [7, 11) is -3.94. The highest BCUT2D eigenvalue weighted by Crippen LogP contribution is 2.49. The normalized spacial score (nSPS) is 25.8. The van der Waals surface area contributed by atoms with Crippen LogP contribution in [0.4, 0.5) is 5.95 Å². The number of nitrogens with one attached hydrogen (secondary N) is 1. The average molecular weight is 605 g/mol. The molecule has 1 aliphatic carbocycles. The first-order valence-corrected chi connectivity index (χ1v) is 17.0. The summed E-state index contributed by atoms with van der Waals surface area (Å²) in [6.45, 7) is 14.9. The summed E-state index contributed by atoms with van der Waals surface area (Å²) in [4.78, 5) is 12.0. The number of anilines is 1. The zero-order valence-electron chi connectivity index (χ0n) is 26.0. The molecule has 0 amide bonds. The smallest absolute Gasteiger partial charge is 0.264 e. The van der Waals surface area contributed by atoms with E-state index < -0.39 is 10.0 Å². The van der Waals surface area contributed by atoms with E-state index in [-0.39, 0.29) is 28.1 Å². The minimum Gasteiger partial charge on any atom is -0.477 e. The molecule has 3 heterocycles. The second kappa shape index (κ2) is 11.8. The number of benzene rings is 2. The van der Waals surface area contributed by atoms with Crippen molar-refractivity contribution in [3.8, 4) is 17.1 Å². The minimum atomic E-state index is -3.94. The summed E-state index contributed by atoms with van der Waals surface area (Å²) in [5.74, 6) is 1.15. The number of sulfonamides is 1. The van der Waals surface area contributed by atoms with Crippen LogP contribution in [0.1, 0.15) is 62.6 Å². The topological polar surface area (TPSA) is 93.7 Å². The van der Waals surface area contributed by atoms with Crippen LogP contribution in [0.25, 0.3) is 11.3 Å². The Kier molecular flexibility index (Phi) is 8.26. The van der Waals surface area contributed by atoms with Gasteiger partial charge in [-0.25, -0.2) is 18.1 Å². The molecule has 1 saturated carbocycles. The van der Waals surface area contributed by atoms with E-state index >= 15 is 0 Å². The fraction of sp³-hybridized carbons (Fsp3) is 0.529. The number of nitrogens with zero attached hydrogens (tertiary/aromatic N) is 3. The van der Waals surface area contributed by atoms with E-state index in [0.717, 1.165) is 67.8 Å². The number of hydrogen-bond acceptors (Lipinski definition) is 7. The van der Waals surface area contributed by atoms with Crippen LogP contribution in [0.2, 0.25) is 0 Å². The summed E-state index contributed by atoms with van der Waals surface area (Å²) in [5, 5.41) is 0. The van der Waals surface area contributed by atoms with Crippen LogP contribution in [0.5, 0.6) is 5.88 Å². The van der Waals surface area contributed by atoms with Gasteiger partial charge >= 0.3 is 0 Å². The highest BCUT2D eigenvalue weighted by atomic mass is 32.2. The van der Waals surface area contributed by atoms with E-state index in [9.17, 15) is 8.42 Å². The molecule has 4 bridgehead atoms. The Hall–Kier alpha value is -3.01. The van der Waals surface area contributed by atoms with Crippen molar-refractivity contribution >= 4 is 16.0 Å². The lowest BCUT2D eigenvalue weighted by molar-refractivity contribution is -0.0280. The van der Waals surface area contributed by atoms with Gasteiger partial charge in [0.1, 0.15) is 0 Å². The molecular weight excluding hydrogens is 560 g/mol. The third-order valence-electron chi connectivity index (χ3n) is 9.27. The van der Waals surface area contributed by atoms with Crippen molar-refractivity contribution < 1.29 is 17.9 Å². The zero-order chi connectivity index (χ0) is 30.4. The maximum absolute atomic E-state index is 13.7. The summed E-state index contributed by atoms with van der Waals surface area (Å²) in [6, 6.07) is 16.0. The highest BCUT2D eigenvalue weighted by molar-refractivity contribution is 7.92. The van der Waals surface area contributed by atoms with Gasteiger partial charge in [-0.15, -0.1) is 0 Å². The predicted octanol–water partition coefficient (Wildman–Crippen LogP) is 6.20. The van der Waals surface area contributed by atoms with Gasteiger partial charge in [0.15, 0.2) is 0 Å². The Morgan fingerprint density at radius 1 is 0.977 bits per heavy atom. The van der Waals surface area contributed by atoms with Crippen molar-refractivity contribution in [2.24, 2.45) is 17.3 Å². The third-order valence-corrected chi connectivity index (χ3v) is 10.6. The summed E-state index contributed by atoms with van der Waals surface area (Å²) in [6.07, 6.45) is 3.12. The van der Waals surface area contributed by atoms with E-state index in [1.54, 1.807) is 6.07 Å². The molecule has 8 nitrogen and oxygen atoms in total. The van der Waals surface area contributed by atoms with Gasteiger partial charge in [0.25, 0.3) is 10.0 Å². The first-order chi connectivity index (χ1) is 20.5. The predicted molar refractivity (Wildman–Crippen MR) is 169 cm³/mol. The summed E-state index contributed by atoms with van der Waals surface area (Å²) < 4.78 is 42.3. The van der Waals surface area contributed by atoms with E-state index in [1.807, 2.05) is 50.2 Å². The minimum absolute atomic E-state index is 0.0115. The maximum Gasteiger partial charge on any atom is 0.264 e. The van der Waals surface area contributed by atoms with E-state index in [2.05, 4.69) is 46.4 Å². The largest absolute Gasteiger partial charge is 0.477 e. The van der Waals surface area contributed by atoms with Crippen molar-refractivity contribution in [3.63, 3.8) is 0 Å².